The van der Waals surface area contributed by atoms with E-state index < -0.39 is 0 Å². The average Bonchev–Trinajstić information content (AvgIpc) is 2.70. The predicted octanol–water partition coefficient (Wildman–Crippen LogP) is 0.179. The van der Waals surface area contributed by atoms with Crippen molar-refractivity contribution in [3.05, 3.63) is 27.9 Å². The molecule has 0 bridgehead atoms. The first-order valence-corrected chi connectivity index (χ1v) is 4.66. The molecule has 0 aromatic carbocycles. The molecule has 0 aliphatic carbocycles. The molecule has 0 spiro atoms. The third-order valence-electron chi connectivity index (χ3n) is 1.59. The lowest BCUT2D eigenvalue weighted by Crippen LogP contribution is -2.19. The molecule has 0 aliphatic heterocycles. The molecule has 0 atom stereocenters. The summed E-state index contributed by atoms with van der Waals surface area (Å²) in [5.74, 6) is 5.22. The van der Waals surface area contributed by atoms with E-state index in [2.05, 4.69) is 20.6 Å². The molecular weight excluding hydrogens is 202 g/mol. The van der Waals surface area contributed by atoms with Crippen molar-refractivity contribution in [3.63, 3.8) is 0 Å². The molecule has 0 unspecified atom stereocenters. The minimum atomic E-state index is -0.310. The van der Waals surface area contributed by atoms with Crippen LogP contribution in [0, 0.1) is 0 Å². The summed E-state index contributed by atoms with van der Waals surface area (Å²) in [6.45, 7) is 0. The van der Waals surface area contributed by atoms with Crippen LogP contribution in [-0.4, -0.2) is 15.2 Å². The number of H-pyrrole nitrogens is 1. The number of aromatic nitrogens is 3. The van der Waals surface area contributed by atoms with E-state index in [0.717, 1.165) is 4.88 Å². The zero-order chi connectivity index (χ0) is 9.97. The van der Waals surface area contributed by atoms with Crippen LogP contribution in [0.4, 0.5) is 5.95 Å². The van der Waals surface area contributed by atoms with Crippen molar-refractivity contribution in [2.24, 2.45) is 5.84 Å². The molecule has 6 nitrogen and oxygen atoms in total. The van der Waals surface area contributed by atoms with Gasteiger partial charge < -0.3 is 0 Å². The van der Waals surface area contributed by atoms with Crippen LogP contribution in [-0.2, 0) is 0 Å². The number of hydrogen-bond donors (Lipinski definition) is 3. The molecule has 72 valence electrons. The Kier molecular flexibility index (Phi) is 2.25. The fraction of sp³-hybridized carbons (Fsp3) is 0. The standard InChI is InChI=1S/C7H7N5OS/c8-10-7-9-6(13)5(11-12-7)4-2-1-3-14-4/h1-3H,8H2,(H2,9,10,12,13). The zero-order valence-electron chi connectivity index (χ0n) is 7.02. The molecule has 14 heavy (non-hydrogen) atoms. The van der Waals surface area contributed by atoms with Gasteiger partial charge >= 0.3 is 0 Å². The second-order valence-electron chi connectivity index (χ2n) is 2.47. The van der Waals surface area contributed by atoms with Crippen LogP contribution in [0.25, 0.3) is 10.6 Å². The van der Waals surface area contributed by atoms with Gasteiger partial charge in [-0.15, -0.1) is 21.5 Å². The summed E-state index contributed by atoms with van der Waals surface area (Å²) < 4.78 is 0. The van der Waals surface area contributed by atoms with Crippen LogP contribution in [0.15, 0.2) is 22.3 Å². The molecule has 2 aromatic heterocycles. The molecule has 0 saturated carbocycles. The van der Waals surface area contributed by atoms with Gasteiger partial charge in [0, 0.05) is 0 Å². The number of rotatable bonds is 2. The molecule has 2 rings (SSSR count). The first kappa shape index (κ1) is 8.85. The van der Waals surface area contributed by atoms with Crippen molar-refractivity contribution in [2.45, 2.75) is 0 Å². The molecule has 2 heterocycles. The van der Waals surface area contributed by atoms with E-state index in [1.165, 1.54) is 11.3 Å². The second-order valence-corrected chi connectivity index (χ2v) is 3.42. The highest BCUT2D eigenvalue weighted by Gasteiger charge is 2.07. The van der Waals surface area contributed by atoms with Gasteiger partial charge in [-0.25, -0.2) is 5.84 Å². The molecule has 0 saturated heterocycles. The Labute approximate surface area is 82.8 Å². The fourth-order valence-electron chi connectivity index (χ4n) is 0.977. The van der Waals surface area contributed by atoms with Crippen molar-refractivity contribution in [1.29, 1.82) is 0 Å². The summed E-state index contributed by atoms with van der Waals surface area (Å²) in [6, 6.07) is 3.65. The monoisotopic (exact) mass is 209 g/mol. The minimum absolute atomic E-state index is 0.148. The molecular formula is C7H7N5OS. The quantitative estimate of drug-likeness (QED) is 0.484. The Bertz CT molecular complexity index is 477. The lowest BCUT2D eigenvalue weighted by molar-refractivity contribution is 0.948. The van der Waals surface area contributed by atoms with E-state index in [0.29, 0.717) is 5.69 Å². The van der Waals surface area contributed by atoms with Crippen LogP contribution in [0.3, 0.4) is 0 Å². The molecule has 0 aliphatic rings. The van der Waals surface area contributed by atoms with Gasteiger partial charge in [-0.05, 0) is 11.4 Å². The smallest absolute Gasteiger partial charge is 0.280 e. The third-order valence-corrected chi connectivity index (χ3v) is 2.46. The van der Waals surface area contributed by atoms with Crippen molar-refractivity contribution < 1.29 is 0 Å². The van der Waals surface area contributed by atoms with Gasteiger partial charge in [0.15, 0.2) is 5.69 Å². The van der Waals surface area contributed by atoms with E-state index in [4.69, 9.17) is 5.84 Å². The van der Waals surface area contributed by atoms with Gasteiger partial charge in [0.2, 0.25) is 5.95 Å². The van der Waals surface area contributed by atoms with Crippen LogP contribution in [0.1, 0.15) is 0 Å². The number of nitrogen functional groups attached to an aromatic ring is 1. The van der Waals surface area contributed by atoms with Gasteiger partial charge in [-0.2, -0.15) is 0 Å². The second kappa shape index (κ2) is 3.56. The summed E-state index contributed by atoms with van der Waals surface area (Å²) in [5.41, 5.74) is 2.21. The molecule has 4 N–H and O–H groups in total. The molecule has 0 amide bonds. The molecule has 0 fully saturated rings. The maximum Gasteiger partial charge on any atom is 0.280 e. The third kappa shape index (κ3) is 1.50. The largest absolute Gasteiger partial charge is 0.293 e. The van der Waals surface area contributed by atoms with Gasteiger partial charge in [0.05, 0.1) is 4.88 Å². The Hall–Kier alpha value is -1.73. The van der Waals surface area contributed by atoms with Gasteiger partial charge in [-0.3, -0.25) is 15.2 Å². The number of aromatic amines is 1. The number of thiophene rings is 1. The number of hydrazine groups is 1. The maximum absolute atomic E-state index is 11.5. The van der Waals surface area contributed by atoms with Crippen LogP contribution in [0.5, 0.6) is 0 Å². The van der Waals surface area contributed by atoms with Crippen LogP contribution < -0.4 is 16.8 Å². The van der Waals surface area contributed by atoms with E-state index in [-0.39, 0.29) is 11.5 Å². The Morgan fingerprint density at radius 2 is 2.36 bits per heavy atom. The fourth-order valence-corrected chi connectivity index (χ4v) is 1.68. The number of nitrogens with zero attached hydrogens (tertiary/aromatic N) is 2. The number of anilines is 1. The lowest BCUT2D eigenvalue weighted by Gasteiger charge is -1.97. The highest BCUT2D eigenvalue weighted by Crippen LogP contribution is 2.18. The summed E-state index contributed by atoms with van der Waals surface area (Å²) >= 11 is 1.43. The Balaban J connectivity index is 2.51. The van der Waals surface area contributed by atoms with E-state index in [1.54, 1.807) is 6.07 Å². The van der Waals surface area contributed by atoms with Gasteiger partial charge in [0.25, 0.3) is 5.56 Å². The van der Waals surface area contributed by atoms with Gasteiger partial charge in [-0.1, -0.05) is 6.07 Å². The minimum Gasteiger partial charge on any atom is -0.293 e. The maximum atomic E-state index is 11.5. The van der Waals surface area contributed by atoms with E-state index in [9.17, 15) is 4.79 Å². The highest BCUT2D eigenvalue weighted by atomic mass is 32.1. The number of nitrogens with two attached hydrogens (primary N) is 1. The van der Waals surface area contributed by atoms with Crippen molar-refractivity contribution in [1.82, 2.24) is 15.2 Å². The average molecular weight is 209 g/mol. The normalized spacial score (nSPS) is 10.1. The first-order chi connectivity index (χ1) is 6.81. The highest BCUT2D eigenvalue weighted by molar-refractivity contribution is 7.13. The number of nitrogens with one attached hydrogen (secondary N) is 2. The predicted molar refractivity (Wildman–Crippen MR) is 53.8 cm³/mol. The van der Waals surface area contributed by atoms with Crippen molar-refractivity contribution >= 4 is 17.3 Å². The Morgan fingerprint density at radius 1 is 1.50 bits per heavy atom. The van der Waals surface area contributed by atoms with E-state index in [1.807, 2.05) is 11.4 Å². The van der Waals surface area contributed by atoms with Gasteiger partial charge in [0.1, 0.15) is 0 Å². The van der Waals surface area contributed by atoms with Crippen LogP contribution in [0.2, 0.25) is 0 Å². The summed E-state index contributed by atoms with van der Waals surface area (Å²) in [4.78, 5) is 14.7. The van der Waals surface area contributed by atoms with Crippen molar-refractivity contribution in [3.8, 4) is 10.6 Å². The summed E-state index contributed by atoms with van der Waals surface area (Å²) in [6.07, 6.45) is 0. The lowest BCUT2D eigenvalue weighted by atomic mass is 10.4. The molecule has 2 aromatic rings. The Morgan fingerprint density at radius 3 is 2.93 bits per heavy atom. The van der Waals surface area contributed by atoms with E-state index >= 15 is 0 Å². The summed E-state index contributed by atoms with van der Waals surface area (Å²) in [5, 5.41) is 9.31. The molecule has 7 heteroatoms. The summed E-state index contributed by atoms with van der Waals surface area (Å²) in [7, 11) is 0. The molecule has 0 radical (unpaired) electrons. The van der Waals surface area contributed by atoms with Crippen molar-refractivity contribution in [2.75, 3.05) is 5.43 Å². The zero-order valence-corrected chi connectivity index (χ0v) is 7.84. The SMILES string of the molecule is NNc1nnc(-c2cccs2)c(=O)[nH]1. The van der Waals surface area contributed by atoms with Crippen LogP contribution >= 0.6 is 11.3 Å². The topological polar surface area (TPSA) is 96.7 Å². The number of hydrogen-bond acceptors (Lipinski definition) is 6. The first-order valence-electron chi connectivity index (χ1n) is 3.79.